The minimum absolute atomic E-state index is 0.00466. The molecule has 4 atom stereocenters. The molecule has 2 bridgehead atoms. The fraction of sp³-hybridized carbons (Fsp3) is 0.632. The summed E-state index contributed by atoms with van der Waals surface area (Å²) in [6, 6.07) is 6.60. The van der Waals surface area contributed by atoms with E-state index in [0.29, 0.717) is 0 Å². The van der Waals surface area contributed by atoms with Gasteiger partial charge in [-0.05, 0) is 51.3 Å². The Balaban J connectivity index is 1.61. The fourth-order valence-corrected chi connectivity index (χ4v) is 4.78. The summed E-state index contributed by atoms with van der Waals surface area (Å²) in [4.78, 5) is 11.8. The molecule has 0 unspecified atom stereocenters. The molecule has 0 aliphatic carbocycles. The van der Waals surface area contributed by atoms with Gasteiger partial charge in [-0.1, -0.05) is 12.1 Å². The first-order chi connectivity index (χ1) is 12.8. The quantitative estimate of drug-likeness (QED) is 0.515. The molecule has 7 nitrogen and oxygen atoms in total. The number of fused-ring (bicyclic) bond motifs is 2. The maximum atomic E-state index is 12.5. The van der Waals surface area contributed by atoms with Gasteiger partial charge in [-0.2, -0.15) is 8.42 Å². The van der Waals surface area contributed by atoms with Gasteiger partial charge in [-0.3, -0.25) is 4.18 Å². The normalized spacial score (nSPS) is 27.1. The smallest absolute Gasteiger partial charge is 0.434 e. The van der Waals surface area contributed by atoms with E-state index in [1.165, 1.54) is 6.07 Å². The zero-order valence-corrected chi connectivity index (χ0v) is 16.6. The van der Waals surface area contributed by atoms with E-state index in [0.717, 1.165) is 18.4 Å². The van der Waals surface area contributed by atoms with Crippen molar-refractivity contribution in [1.29, 1.82) is 0 Å². The van der Waals surface area contributed by atoms with E-state index in [2.05, 4.69) is 0 Å². The van der Waals surface area contributed by atoms with E-state index in [1.54, 1.807) is 26.0 Å². The van der Waals surface area contributed by atoms with Gasteiger partial charge in [0.25, 0.3) is 10.1 Å². The Labute approximate surface area is 160 Å². The van der Waals surface area contributed by atoms with Crippen molar-refractivity contribution in [2.45, 2.75) is 56.8 Å². The van der Waals surface area contributed by atoms with Crippen LogP contribution in [0.5, 0.6) is 0 Å². The van der Waals surface area contributed by atoms with Gasteiger partial charge in [0, 0.05) is 11.8 Å². The highest BCUT2D eigenvalue weighted by Gasteiger charge is 2.50. The number of rotatable bonds is 7. The van der Waals surface area contributed by atoms with Crippen LogP contribution in [-0.4, -0.2) is 46.1 Å². The number of aryl methyl sites for hydroxylation is 1. The van der Waals surface area contributed by atoms with Crippen molar-refractivity contribution in [3.05, 3.63) is 29.8 Å². The van der Waals surface area contributed by atoms with Crippen LogP contribution >= 0.6 is 0 Å². The minimum Gasteiger partial charge on any atom is -0.434 e. The first-order valence-electron chi connectivity index (χ1n) is 9.21. The van der Waals surface area contributed by atoms with Crippen LogP contribution in [0, 0.1) is 18.8 Å². The topological polar surface area (TPSA) is 88.1 Å². The Morgan fingerprint density at radius 3 is 2.48 bits per heavy atom. The van der Waals surface area contributed by atoms with Gasteiger partial charge in [0.2, 0.25) is 0 Å². The monoisotopic (exact) mass is 398 g/mol. The van der Waals surface area contributed by atoms with E-state index >= 15 is 0 Å². The first-order valence-corrected chi connectivity index (χ1v) is 10.6. The second kappa shape index (κ2) is 8.16. The summed E-state index contributed by atoms with van der Waals surface area (Å²) in [5, 5.41) is 0. The number of hydrogen-bond donors (Lipinski definition) is 0. The summed E-state index contributed by atoms with van der Waals surface area (Å²) in [7, 11) is -3.85. The van der Waals surface area contributed by atoms with Crippen LogP contribution in [-0.2, 0) is 28.5 Å². The number of ether oxygens (including phenoxy) is 3. The van der Waals surface area contributed by atoms with Crippen LogP contribution < -0.4 is 0 Å². The van der Waals surface area contributed by atoms with Crippen molar-refractivity contribution in [1.82, 2.24) is 0 Å². The van der Waals surface area contributed by atoms with E-state index < -0.39 is 16.3 Å². The number of carbonyl (C=O) groups is 1. The third-order valence-electron chi connectivity index (χ3n) is 5.01. The summed E-state index contributed by atoms with van der Waals surface area (Å²) in [5.41, 5.74) is 0.845. The Hall–Kier alpha value is -1.64. The van der Waals surface area contributed by atoms with Gasteiger partial charge in [0.15, 0.2) is 0 Å². The second-order valence-electron chi connectivity index (χ2n) is 7.40. The van der Waals surface area contributed by atoms with Crippen LogP contribution in [0.1, 0.15) is 32.3 Å². The highest BCUT2D eigenvalue weighted by Crippen LogP contribution is 2.44. The second-order valence-corrected chi connectivity index (χ2v) is 9.02. The van der Waals surface area contributed by atoms with Crippen LogP contribution in [0.2, 0.25) is 0 Å². The molecule has 27 heavy (non-hydrogen) atoms. The third-order valence-corrected chi connectivity index (χ3v) is 6.29. The molecule has 2 aliphatic rings. The zero-order chi connectivity index (χ0) is 19.6. The zero-order valence-electron chi connectivity index (χ0n) is 15.8. The molecule has 0 N–H and O–H groups in total. The summed E-state index contributed by atoms with van der Waals surface area (Å²) in [6.45, 7) is 5.45. The Bertz CT molecular complexity index is 774. The maximum Gasteiger partial charge on any atom is 0.508 e. The van der Waals surface area contributed by atoms with Crippen molar-refractivity contribution in [3.63, 3.8) is 0 Å². The van der Waals surface area contributed by atoms with Crippen LogP contribution in [0.3, 0.4) is 0 Å². The molecule has 0 amide bonds. The van der Waals surface area contributed by atoms with Gasteiger partial charge in [0.05, 0.1) is 29.8 Å². The van der Waals surface area contributed by atoms with E-state index in [4.69, 9.17) is 18.4 Å². The van der Waals surface area contributed by atoms with E-state index in [-0.39, 0.29) is 48.3 Å². The molecule has 0 aromatic heterocycles. The van der Waals surface area contributed by atoms with Gasteiger partial charge >= 0.3 is 6.16 Å². The lowest BCUT2D eigenvalue weighted by molar-refractivity contribution is 0.0110. The summed E-state index contributed by atoms with van der Waals surface area (Å²) < 4.78 is 46.4. The first kappa shape index (κ1) is 20.1. The predicted molar refractivity (Wildman–Crippen MR) is 96.8 cm³/mol. The van der Waals surface area contributed by atoms with Crippen molar-refractivity contribution >= 4 is 16.3 Å². The highest BCUT2D eigenvalue weighted by molar-refractivity contribution is 7.86. The summed E-state index contributed by atoms with van der Waals surface area (Å²) in [6.07, 6.45) is 0.636. The van der Waals surface area contributed by atoms with Crippen molar-refractivity contribution in [2.24, 2.45) is 11.8 Å². The van der Waals surface area contributed by atoms with Gasteiger partial charge < -0.3 is 14.2 Å². The van der Waals surface area contributed by atoms with Gasteiger partial charge in [-0.15, -0.1) is 0 Å². The molecule has 2 fully saturated rings. The van der Waals surface area contributed by atoms with Crippen molar-refractivity contribution in [3.8, 4) is 0 Å². The molecule has 1 aromatic rings. The molecule has 0 spiro atoms. The summed E-state index contributed by atoms with van der Waals surface area (Å²) in [5.74, 6) is -0.244. The lowest BCUT2D eigenvalue weighted by Gasteiger charge is -2.27. The largest absolute Gasteiger partial charge is 0.508 e. The van der Waals surface area contributed by atoms with Gasteiger partial charge in [0.1, 0.15) is 6.61 Å². The molecule has 2 saturated heterocycles. The lowest BCUT2D eigenvalue weighted by Crippen LogP contribution is -2.35. The predicted octanol–water partition coefficient (Wildman–Crippen LogP) is 3.06. The minimum atomic E-state index is -3.85. The molecule has 3 rings (SSSR count). The molecule has 8 heteroatoms. The SMILES string of the molecule is Cc1cccc(S(=O)(=O)OC[C@H]2[C@@H](COC(=O)OC(C)C)[C@H]3CC[C@@H]2O3)c1. The number of carbonyl (C=O) groups excluding carboxylic acids is 1. The van der Waals surface area contributed by atoms with Crippen LogP contribution in [0.4, 0.5) is 4.79 Å². The lowest BCUT2D eigenvalue weighted by atomic mass is 9.80. The average Bonchev–Trinajstić information content (AvgIpc) is 3.19. The Morgan fingerprint density at radius 2 is 1.85 bits per heavy atom. The molecular weight excluding hydrogens is 372 g/mol. The van der Waals surface area contributed by atoms with E-state index in [9.17, 15) is 13.2 Å². The molecule has 2 heterocycles. The van der Waals surface area contributed by atoms with Crippen LogP contribution in [0.15, 0.2) is 29.2 Å². The van der Waals surface area contributed by atoms with E-state index in [1.807, 2.05) is 13.0 Å². The molecule has 2 aliphatic heterocycles. The summed E-state index contributed by atoms with van der Waals surface area (Å²) >= 11 is 0. The standard InChI is InChI=1S/C19H26O7S/c1-12(2)25-19(20)23-10-15-16(18-8-7-17(15)26-18)11-24-27(21,22)14-6-4-5-13(3)9-14/h4-6,9,12,15-18H,7-8,10-11H2,1-3H3/t15-,16+,17-,18+/m1/s1. The van der Waals surface area contributed by atoms with Crippen molar-refractivity contribution < 1.29 is 31.6 Å². The molecule has 0 radical (unpaired) electrons. The Morgan fingerprint density at radius 1 is 1.19 bits per heavy atom. The molecular formula is C19H26O7S. The van der Waals surface area contributed by atoms with Crippen LogP contribution in [0.25, 0.3) is 0 Å². The molecule has 0 saturated carbocycles. The molecule has 1 aromatic carbocycles. The Kier molecular flexibility index (Phi) is 6.08. The highest BCUT2D eigenvalue weighted by atomic mass is 32.2. The average molecular weight is 398 g/mol. The number of benzene rings is 1. The third kappa shape index (κ3) is 4.80. The molecule has 150 valence electrons. The number of hydrogen-bond acceptors (Lipinski definition) is 7. The maximum absolute atomic E-state index is 12.5. The van der Waals surface area contributed by atoms with Gasteiger partial charge in [-0.25, -0.2) is 4.79 Å². The fourth-order valence-electron chi connectivity index (χ4n) is 3.73. The van der Waals surface area contributed by atoms with Crippen molar-refractivity contribution in [2.75, 3.05) is 13.2 Å².